The fourth-order valence-corrected chi connectivity index (χ4v) is 4.32. The van der Waals surface area contributed by atoms with E-state index in [4.69, 9.17) is 0 Å². The third-order valence-corrected chi connectivity index (χ3v) is 6.69. The fraction of sp³-hybridized carbons (Fsp3) is 0. The Morgan fingerprint density at radius 2 is 0.886 bits per heavy atom. The van der Waals surface area contributed by atoms with Gasteiger partial charge in [0.15, 0.2) is 0 Å². The van der Waals surface area contributed by atoms with Crippen LogP contribution < -0.4 is 0 Å². The summed E-state index contributed by atoms with van der Waals surface area (Å²) in [6.45, 7) is 0. The Hall–Kier alpha value is -4.61. The number of hydrogen-bond donors (Lipinski definition) is 0. The molecule has 0 aliphatic rings. The molecule has 7 aromatic rings. The third kappa shape index (κ3) is 9.71. The van der Waals surface area contributed by atoms with Crippen LogP contribution in [0.15, 0.2) is 169 Å². The third-order valence-electron chi connectivity index (χ3n) is 6.16. The summed E-state index contributed by atoms with van der Waals surface area (Å²) in [6.07, 6.45) is 7.18. The maximum Gasteiger partial charge on any atom is 0.0892 e. The fourth-order valence-electron chi connectivity index (χ4n) is 4.06. The monoisotopic (exact) mass is 811 g/mol. The summed E-state index contributed by atoms with van der Waals surface area (Å²) in [7, 11) is 0. The molecule has 6 heteroatoms. The maximum absolute atomic E-state index is 4.38. The van der Waals surface area contributed by atoms with Crippen molar-refractivity contribution in [2.45, 2.75) is 0 Å². The van der Waals surface area contributed by atoms with E-state index >= 15 is 0 Å². The summed E-state index contributed by atoms with van der Waals surface area (Å²) >= 11 is 3.45. The molecule has 0 unspecified atom stereocenters. The van der Waals surface area contributed by atoms with Crippen molar-refractivity contribution < 1.29 is 20.1 Å². The van der Waals surface area contributed by atoms with E-state index in [-0.39, 0.29) is 20.1 Å². The first-order valence-electron chi connectivity index (χ1n) is 13.7. The predicted octanol–water partition coefficient (Wildman–Crippen LogP) is 9.67. The van der Waals surface area contributed by atoms with E-state index in [9.17, 15) is 0 Å². The topological polar surface area (TPSA) is 51.6 Å². The maximum atomic E-state index is 4.38. The van der Waals surface area contributed by atoms with Crippen molar-refractivity contribution in [1.82, 2.24) is 19.9 Å². The molecule has 1 radical (unpaired) electrons. The zero-order valence-electron chi connectivity index (χ0n) is 23.6. The molecule has 0 aliphatic carbocycles. The van der Waals surface area contributed by atoms with Crippen LogP contribution in [-0.4, -0.2) is 19.9 Å². The molecule has 0 N–H and O–H groups in total. The van der Waals surface area contributed by atoms with Crippen LogP contribution >= 0.6 is 15.9 Å². The van der Waals surface area contributed by atoms with Gasteiger partial charge in [-0.05, 0) is 71.0 Å². The van der Waals surface area contributed by atoms with Crippen molar-refractivity contribution >= 4 is 15.9 Å². The number of nitrogens with zero attached hydrogens (tertiary/aromatic N) is 4. The number of pyridine rings is 4. The largest absolute Gasteiger partial charge is 0.305 e. The molecule has 4 aromatic heterocycles. The van der Waals surface area contributed by atoms with Crippen LogP contribution in [0.2, 0.25) is 0 Å². The van der Waals surface area contributed by atoms with Gasteiger partial charge in [0.1, 0.15) is 0 Å². The quantitative estimate of drug-likeness (QED) is 0.166. The van der Waals surface area contributed by atoms with Crippen LogP contribution in [0, 0.1) is 12.1 Å². The Morgan fingerprint density at radius 1 is 0.409 bits per heavy atom. The van der Waals surface area contributed by atoms with Gasteiger partial charge in [0.25, 0.3) is 0 Å². The smallest absolute Gasteiger partial charge is 0.0892 e. The van der Waals surface area contributed by atoms with E-state index in [1.54, 1.807) is 18.6 Å². The Balaban J connectivity index is 0.000000155. The Labute approximate surface area is 280 Å². The van der Waals surface area contributed by atoms with E-state index in [0.717, 1.165) is 43.9 Å². The summed E-state index contributed by atoms with van der Waals surface area (Å²) in [5.41, 5.74) is 8.11. The standard InChI is InChI=1S/C16H11BrN2.2C11H8N.Ir/c17-14-6-4-12(5-7-14)13-8-10-19-16(11-13)15-3-1-2-9-18-15;2*1-2-6-10(7-3-1)11-8-4-5-9-12-11;/h1-11H;2*1-6,8-9H;/q;2*-1;. The van der Waals surface area contributed by atoms with Crippen LogP contribution in [0.4, 0.5) is 0 Å². The Bertz CT molecular complexity index is 1640. The molecule has 0 aliphatic heterocycles. The van der Waals surface area contributed by atoms with E-state index in [1.807, 2.05) is 128 Å². The minimum atomic E-state index is 0. The summed E-state index contributed by atoms with van der Waals surface area (Å²) in [5.74, 6) is 0. The van der Waals surface area contributed by atoms with E-state index in [2.05, 4.69) is 66.2 Å². The first-order valence-corrected chi connectivity index (χ1v) is 14.5. The zero-order chi connectivity index (χ0) is 29.5. The number of aromatic nitrogens is 4. The van der Waals surface area contributed by atoms with Crippen molar-refractivity contribution in [3.8, 4) is 45.0 Å². The molecule has 0 bridgehead atoms. The van der Waals surface area contributed by atoms with Gasteiger partial charge in [0.05, 0.1) is 11.4 Å². The van der Waals surface area contributed by atoms with Crippen LogP contribution in [0.25, 0.3) is 45.0 Å². The minimum Gasteiger partial charge on any atom is -0.305 e. The van der Waals surface area contributed by atoms with Crippen LogP contribution in [-0.2, 0) is 20.1 Å². The van der Waals surface area contributed by atoms with E-state index in [0.29, 0.717) is 0 Å². The van der Waals surface area contributed by atoms with E-state index in [1.165, 1.54) is 5.56 Å². The molecule has 0 fully saturated rings. The molecule has 44 heavy (non-hydrogen) atoms. The SMILES string of the molecule is Brc1ccc(-c2ccnc(-c3ccccn3)c2)cc1.[Ir].[c-]1ccccc1-c1ccccn1.[c-]1ccccc1-c1ccccn1. The molecule has 4 heterocycles. The van der Waals surface area contributed by atoms with Crippen LogP contribution in [0.1, 0.15) is 0 Å². The Kier molecular flexibility index (Phi) is 12.8. The average Bonchev–Trinajstić information content (AvgIpc) is 3.11. The zero-order valence-corrected chi connectivity index (χ0v) is 27.6. The molecule has 0 spiro atoms. The van der Waals surface area contributed by atoms with Crippen LogP contribution in [0.5, 0.6) is 0 Å². The van der Waals surface area contributed by atoms with Crippen molar-refractivity contribution in [2.24, 2.45) is 0 Å². The van der Waals surface area contributed by atoms with Gasteiger partial charge in [-0.25, -0.2) is 0 Å². The number of benzene rings is 3. The second-order valence-electron chi connectivity index (χ2n) is 9.13. The molecule has 217 valence electrons. The van der Waals surface area contributed by atoms with Gasteiger partial charge in [0.2, 0.25) is 0 Å². The molecule has 4 nitrogen and oxygen atoms in total. The second-order valence-corrected chi connectivity index (χ2v) is 10.0. The number of rotatable bonds is 4. The summed E-state index contributed by atoms with van der Waals surface area (Å²) in [5, 5.41) is 0. The number of halogens is 1. The van der Waals surface area contributed by atoms with Gasteiger partial charge in [-0.15, -0.1) is 71.8 Å². The van der Waals surface area contributed by atoms with Gasteiger partial charge in [-0.1, -0.05) is 58.4 Å². The summed E-state index contributed by atoms with van der Waals surface area (Å²) < 4.78 is 1.08. The van der Waals surface area contributed by atoms with Crippen LogP contribution in [0.3, 0.4) is 0 Å². The van der Waals surface area contributed by atoms with Gasteiger partial charge in [0, 0.05) is 49.4 Å². The molecular weight excluding hydrogens is 785 g/mol. The summed E-state index contributed by atoms with van der Waals surface area (Å²) in [4.78, 5) is 17.1. The molecule has 7 rings (SSSR count). The van der Waals surface area contributed by atoms with Gasteiger partial charge in [-0.2, -0.15) is 0 Å². The van der Waals surface area contributed by atoms with Crippen molar-refractivity contribution in [1.29, 1.82) is 0 Å². The van der Waals surface area contributed by atoms with Crippen molar-refractivity contribution in [2.75, 3.05) is 0 Å². The minimum absolute atomic E-state index is 0. The molecule has 0 atom stereocenters. The predicted molar refractivity (Wildman–Crippen MR) is 178 cm³/mol. The molecule has 0 amide bonds. The molecule has 0 saturated heterocycles. The normalized spacial score (nSPS) is 9.75. The van der Waals surface area contributed by atoms with Gasteiger partial charge in [-0.3, -0.25) is 9.97 Å². The molecular formula is C38H27BrIrN4-2. The average molecular weight is 812 g/mol. The number of hydrogen-bond acceptors (Lipinski definition) is 4. The second kappa shape index (κ2) is 17.5. The summed E-state index contributed by atoms with van der Waals surface area (Å²) in [6, 6.07) is 51.8. The van der Waals surface area contributed by atoms with E-state index < -0.39 is 0 Å². The van der Waals surface area contributed by atoms with Gasteiger partial charge >= 0.3 is 0 Å². The van der Waals surface area contributed by atoms with Crippen molar-refractivity contribution in [3.63, 3.8) is 0 Å². The Morgan fingerprint density at radius 3 is 1.34 bits per heavy atom. The molecule has 0 saturated carbocycles. The first-order chi connectivity index (χ1) is 21.3. The first kappa shape index (κ1) is 32.3. The van der Waals surface area contributed by atoms with Crippen molar-refractivity contribution in [3.05, 3.63) is 181 Å². The molecule has 3 aromatic carbocycles. The van der Waals surface area contributed by atoms with Gasteiger partial charge < -0.3 is 9.97 Å².